The summed E-state index contributed by atoms with van der Waals surface area (Å²) in [5, 5.41) is 2.90. The number of nitrogens with zero attached hydrogens (tertiary/aromatic N) is 1. The summed E-state index contributed by atoms with van der Waals surface area (Å²) >= 11 is 0. The normalized spacial score (nSPS) is 18.4. The van der Waals surface area contributed by atoms with E-state index in [1.165, 1.54) is 12.7 Å². The maximum atomic E-state index is 11.9. The van der Waals surface area contributed by atoms with Gasteiger partial charge in [-0.05, 0) is 31.4 Å². The molecule has 5 nitrogen and oxygen atoms in total. The first-order valence-electron chi connectivity index (χ1n) is 7.33. The second kappa shape index (κ2) is 7.78. The van der Waals surface area contributed by atoms with Crippen LogP contribution in [0.1, 0.15) is 18.4 Å². The quantitative estimate of drug-likeness (QED) is 0.794. The van der Waals surface area contributed by atoms with Gasteiger partial charge in [-0.3, -0.25) is 14.5 Å². The van der Waals surface area contributed by atoms with E-state index in [0.717, 1.165) is 25.8 Å². The second-order valence-corrected chi connectivity index (χ2v) is 5.24. The van der Waals surface area contributed by atoms with Crippen LogP contribution in [0.5, 0.6) is 0 Å². The average Bonchev–Trinajstić information content (AvgIpc) is 2.95. The van der Waals surface area contributed by atoms with Crippen LogP contribution in [0.2, 0.25) is 0 Å². The van der Waals surface area contributed by atoms with Gasteiger partial charge in [0.1, 0.15) is 6.04 Å². The van der Waals surface area contributed by atoms with Crippen molar-refractivity contribution in [1.82, 2.24) is 10.2 Å². The average molecular weight is 290 g/mol. The van der Waals surface area contributed by atoms with Crippen molar-refractivity contribution in [2.75, 3.05) is 26.7 Å². The number of nitrogens with one attached hydrogen (secondary N) is 1. The summed E-state index contributed by atoms with van der Waals surface area (Å²) < 4.78 is 4.77. The number of hydrogen-bond acceptors (Lipinski definition) is 4. The maximum absolute atomic E-state index is 11.9. The number of carbonyl (C=O) groups excluding carboxylic acids is 2. The summed E-state index contributed by atoms with van der Waals surface area (Å²) in [5.74, 6) is -0.286. The van der Waals surface area contributed by atoms with Crippen molar-refractivity contribution < 1.29 is 14.3 Å². The van der Waals surface area contributed by atoms with Crippen molar-refractivity contribution in [3.8, 4) is 0 Å². The standard InChI is InChI=1S/C16H22N2O3/c1-21-16(20)14-8-5-11-18(14)12-15(19)17-10-9-13-6-3-2-4-7-13/h2-4,6-7,14H,5,8-12H2,1H3,(H,17,19). The lowest BCUT2D eigenvalue weighted by Crippen LogP contribution is -2.43. The molecular formula is C16H22N2O3. The topological polar surface area (TPSA) is 58.6 Å². The third-order valence-electron chi connectivity index (χ3n) is 3.76. The fourth-order valence-corrected chi connectivity index (χ4v) is 2.65. The lowest BCUT2D eigenvalue weighted by Gasteiger charge is -2.21. The van der Waals surface area contributed by atoms with E-state index in [1.54, 1.807) is 0 Å². The molecule has 0 aromatic heterocycles. The van der Waals surface area contributed by atoms with Gasteiger partial charge in [0.25, 0.3) is 0 Å². The van der Waals surface area contributed by atoms with Crippen LogP contribution < -0.4 is 5.32 Å². The fraction of sp³-hybridized carbons (Fsp3) is 0.500. The minimum atomic E-state index is -0.269. The molecule has 1 aliphatic heterocycles. The van der Waals surface area contributed by atoms with Gasteiger partial charge >= 0.3 is 5.97 Å². The molecule has 5 heteroatoms. The number of esters is 1. The number of ether oxygens (including phenoxy) is 1. The molecule has 1 saturated heterocycles. The first-order valence-corrected chi connectivity index (χ1v) is 7.33. The highest BCUT2D eigenvalue weighted by Crippen LogP contribution is 2.17. The Kier molecular flexibility index (Phi) is 5.75. The predicted molar refractivity (Wildman–Crippen MR) is 79.8 cm³/mol. The van der Waals surface area contributed by atoms with Crippen LogP contribution in [-0.4, -0.2) is 49.6 Å². The molecule has 0 radical (unpaired) electrons. The zero-order valence-corrected chi connectivity index (χ0v) is 12.4. The molecule has 1 aromatic rings. The minimum absolute atomic E-state index is 0.0401. The summed E-state index contributed by atoms with van der Waals surface area (Å²) in [6, 6.07) is 9.77. The van der Waals surface area contributed by atoms with Crippen molar-refractivity contribution in [2.24, 2.45) is 0 Å². The zero-order chi connectivity index (χ0) is 15.1. The van der Waals surface area contributed by atoms with Gasteiger partial charge in [-0.25, -0.2) is 0 Å². The summed E-state index contributed by atoms with van der Waals surface area (Å²) in [6.07, 6.45) is 2.51. The summed E-state index contributed by atoms with van der Waals surface area (Å²) in [4.78, 5) is 25.4. The third-order valence-corrected chi connectivity index (χ3v) is 3.76. The van der Waals surface area contributed by atoms with Gasteiger partial charge in [-0.15, -0.1) is 0 Å². The Morgan fingerprint density at radius 2 is 2.10 bits per heavy atom. The van der Waals surface area contributed by atoms with E-state index < -0.39 is 0 Å². The van der Waals surface area contributed by atoms with Crippen molar-refractivity contribution in [1.29, 1.82) is 0 Å². The van der Waals surface area contributed by atoms with Gasteiger partial charge in [-0.2, -0.15) is 0 Å². The van der Waals surface area contributed by atoms with Gasteiger partial charge in [0.15, 0.2) is 0 Å². The van der Waals surface area contributed by atoms with Gasteiger partial charge < -0.3 is 10.1 Å². The van der Waals surface area contributed by atoms with E-state index in [0.29, 0.717) is 6.54 Å². The zero-order valence-electron chi connectivity index (χ0n) is 12.4. The summed E-state index contributed by atoms with van der Waals surface area (Å²) in [5.41, 5.74) is 1.20. The molecule has 1 amide bonds. The Morgan fingerprint density at radius 1 is 1.33 bits per heavy atom. The van der Waals surface area contributed by atoms with Gasteiger partial charge in [0, 0.05) is 6.54 Å². The van der Waals surface area contributed by atoms with Crippen molar-refractivity contribution in [2.45, 2.75) is 25.3 Å². The van der Waals surface area contributed by atoms with Crippen LogP contribution in [0, 0.1) is 0 Å². The van der Waals surface area contributed by atoms with Gasteiger partial charge in [-0.1, -0.05) is 30.3 Å². The van der Waals surface area contributed by atoms with E-state index >= 15 is 0 Å². The molecule has 0 aliphatic carbocycles. The Bertz CT molecular complexity index is 476. The van der Waals surface area contributed by atoms with Crippen LogP contribution in [0.25, 0.3) is 0 Å². The Morgan fingerprint density at radius 3 is 2.81 bits per heavy atom. The fourth-order valence-electron chi connectivity index (χ4n) is 2.65. The lowest BCUT2D eigenvalue weighted by molar-refractivity contribution is -0.146. The van der Waals surface area contributed by atoms with Crippen molar-refractivity contribution in [3.05, 3.63) is 35.9 Å². The number of rotatable bonds is 6. The van der Waals surface area contributed by atoms with E-state index in [1.807, 2.05) is 35.2 Å². The molecule has 0 saturated carbocycles. The van der Waals surface area contributed by atoms with E-state index in [4.69, 9.17) is 4.74 Å². The minimum Gasteiger partial charge on any atom is -0.468 e. The number of likely N-dealkylation sites (tertiary alicyclic amines) is 1. The number of hydrogen-bond donors (Lipinski definition) is 1. The highest BCUT2D eigenvalue weighted by Gasteiger charge is 2.32. The van der Waals surface area contributed by atoms with E-state index in [-0.39, 0.29) is 24.5 Å². The molecule has 1 heterocycles. The molecule has 21 heavy (non-hydrogen) atoms. The van der Waals surface area contributed by atoms with Crippen LogP contribution in [0.15, 0.2) is 30.3 Å². The number of amides is 1. The highest BCUT2D eigenvalue weighted by molar-refractivity contribution is 5.80. The molecule has 0 spiro atoms. The molecule has 0 bridgehead atoms. The molecule has 1 fully saturated rings. The largest absolute Gasteiger partial charge is 0.468 e. The summed E-state index contributed by atoms with van der Waals surface area (Å²) in [7, 11) is 1.39. The molecule has 2 rings (SSSR count). The maximum Gasteiger partial charge on any atom is 0.323 e. The van der Waals surface area contributed by atoms with Crippen LogP contribution in [0.4, 0.5) is 0 Å². The van der Waals surface area contributed by atoms with Gasteiger partial charge in [0.2, 0.25) is 5.91 Å². The number of carbonyl (C=O) groups is 2. The summed E-state index contributed by atoms with van der Waals surface area (Å²) in [6.45, 7) is 1.64. The first kappa shape index (κ1) is 15.5. The third kappa shape index (κ3) is 4.56. The smallest absolute Gasteiger partial charge is 0.323 e. The van der Waals surface area contributed by atoms with Crippen molar-refractivity contribution >= 4 is 11.9 Å². The van der Waals surface area contributed by atoms with Crippen molar-refractivity contribution in [3.63, 3.8) is 0 Å². The molecular weight excluding hydrogens is 268 g/mol. The van der Waals surface area contributed by atoms with Crippen LogP contribution in [-0.2, 0) is 20.7 Å². The van der Waals surface area contributed by atoms with E-state index in [2.05, 4.69) is 5.32 Å². The molecule has 1 atom stereocenters. The van der Waals surface area contributed by atoms with Gasteiger partial charge in [0.05, 0.1) is 13.7 Å². The Hall–Kier alpha value is -1.88. The molecule has 1 aliphatic rings. The lowest BCUT2D eigenvalue weighted by atomic mass is 10.1. The number of methoxy groups -OCH3 is 1. The SMILES string of the molecule is COC(=O)C1CCCN1CC(=O)NCCc1ccccc1. The second-order valence-electron chi connectivity index (χ2n) is 5.24. The van der Waals surface area contributed by atoms with Crippen LogP contribution >= 0.6 is 0 Å². The Balaban J connectivity index is 1.73. The van der Waals surface area contributed by atoms with E-state index in [9.17, 15) is 9.59 Å². The predicted octanol–water partition coefficient (Wildman–Crippen LogP) is 0.983. The molecule has 114 valence electrons. The molecule has 1 aromatic carbocycles. The molecule has 1 unspecified atom stereocenters. The van der Waals surface area contributed by atoms with Crippen LogP contribution in [0.3, 0.4) is 0 Å². The monoisotopic (exact) mass is 290 g/mol. The highest BCUT2D eigenvalue weighted by atomic mass is 16.5. The number of benzene rings is 1. The molecule has 1 N–H and O–H groups in total. The first-order chi connectivity index (χ1) is 10.2. The Labute approximate surface area is 125 Å².